The van der Waals surface area contributed by atoms with Gasteiger partial charge in [0.15, 0.2) is 0 Å². The number of hydrogen-bond donors (Lipinski definition) is 1. The minimum atomic E-state index is 0.205. The minimum absolute atomic E-state index is 0.205. The van der Waals surface area contributed by atoms with Gasteiger partial charge in [-0.2, -0.15) is 4.37 Å². The maximum Gasteiger partial charge on any atom is 0.0888 e. The van der Waals surface area contributed by atoms with Crippen LogP contribution in [0.3, 0.4) is 0 Å². The van der Waals surface area contributed by atoms with Gasteiger partial charge in [-0.1, -0.05) is 25.1 Å². The molecule has 1 aromatic heterocycles. The van der Waals surface area contributed by atoms with E-state index < -0.39 is 0 Å². The van der Waals surface area contributed by atoms with Crippen molar-refractivity contribution in [3.8, 4) is 0 Å². The third-order valence-corrected chi connectivity index (χ3v) is 4.09. The van der Waals surface area contributed by atoms with Crippen molar-refractivity contribution in [2.75, 3.05) is 6.61 Å². The third-order valence-electron chi connectivity index (χ3n) is 1.92. The summed E-state index contributed by atoms with van der Waals surface area (Å²) in [6.07, 6.45) is 0. The molecule has 2 rings (SSSR count). The van der Waals surface area contributed by atoms with E-state index in [2.05, 4.69) is 10.4 Å². The van der Waals surface area contributed by atoms with E-state index in [1.165, 1.54) is 21.1 Å². The Morgan fingerprint density at radius 2 is 2.29 bits per heavy atom. The fraction of sp³-hybridized carbons (Fsp3) is 0.300. The van der Waals surface area contributed by atoms with Gasteiger partial charge < -0.3 is 5.11 Å². The van der Waals surface area contributed by atoms with Crippen molar-refractivity contribution in [2.24, 2.45) is 0 Å². The van der Waals surface area contributed by atoms with Crippen LogP contribution in [0.4, 0.5) is 0 Å². The van der Waals surface area contributed by atoms with E-state index in [9.17, 15) is 0 Å². The average molecular weight is 225 g/mol. The Bertz CT molecular complexity index is 427. The van der Waals surface area contributed by atoms with Crippen molar-refractivity contribution in [1.82, 2.24) is 4.37 Å². The Hall–Kier alpha value is -0.580. The fourth-order valence-corrected chi connectivity index (χ4v) is 3.30. The van der Waals surface area contributed by atoms with Crippen molar-refractivity contribution in [2.45, 2.75) is 16.4 Å². The molecule has 1 heterocycles. The number of nitrogens with zero attached hydrogens (tertiary/aromatic N) is 1. The van der Waals surface area contributed by atoms with Gasteiger partial charge in [0.05, 0.1) is 16.3 Å². The number of aliphatic hydroxyl groups excluding tert-OH is 1. The maximum atomic E-state index is 8.97. The first-order valence-corrected chi connectivity index (χ1v) is 6.08. The van der Waals surface area contributed by atoms with Crippen LogP contribution in [0.15, 0.2) is 28.5 Å². The van der Waals surface area contributed by atoms with Crippen LogP contribution in [-0.4, -0.2) is 21.3 Å². The topological polar surface area (TPSA) is 33.1 Å². The van der Waals surface area contributed by atoms with Gasteiger partial charge in [-0.25, -0.2) is 0 Å². The van der Waals surface area contributed by atoms with Crippen LogP contribution in [-0.2, 0) is 0 Å². The van der Waals surface area contributed by atoms with Crippen LogP contribution in [0.5, 0.6) is 0 Å². The maximum absolute atomic E-state index is 8.97. The molecule has 1 N–H and O–H groups in total. The first-order chi connectivity index (χ1) is 6.81. The first kappa shape index (κ1) is 9.96. The highest BCUT2D eigenvalue weighted by atomic mass is 32.2. The number of fused-ring (bicyclic) bond motifs is 1. The molecule has 0 radical (unpaired) electrons. The molecule has 0 amide bonds. The molecule has 74 valence electrons. The normalized spacial score (nSPS) is 13.3. The van der Waals surface area contributed by atoms with E-state index in [4.69, 9.17) is 5.11 Å². The minimum Gasteiger partial charge on any atom is -0.395 e. The van der Waals surface area contributed by atoms with Gasteiger partial charge in [0.2, 0.25) is 0 Å². The molecule has 4 heteroatoms. The van der Waals surface area contributed by atoms with Gasteiger partial charge in [0, 0.05) is 10.6 Å². The Labute approximate surface area is 91.1 Å². The van der Waals surface area contributed by atoms with Gasteiger partial charge >= 0.3 is 0 Å². The second-order valence-corrected chi connectivity index (χ2v) is 5.58. The monoisotopic (exact) mass is 225 g/mol. The number of benzene rings is 1. The van der Waals surface area contributed by atoms with Crippen LogP contribution < -0.4 is 0 Å². The van der Waals surface area contributed by atoms with Gasteiger partial charge in [0.1, 0.15) is 0 Å². The van der Waals surface area contributed by atoms with E-state index in [-0.39, 0.29) is 11.9 Å². The number of aliphatic hydroxyl groups is 1. The zero-order chi connectivity index (χ0) is 9.97. The first-order valence-electron chi connectivity index (χ1n) is 4.43. The summed E-state index contributed by atoms with van der Waals surface area (Å²) < 4.78 is 5.54. The van der Waals surface area contributed by atoms with Crippen LogP contribution in [0.1, 0.15) is 6.92 Å². The summed E-state index contributed by atoms with van der Waals surface area (Å²) in [7, 11) is 0. The number of aromatic nitrogens is 1. The highest BCUT2D eigenvalue weighted by Crippen LogP contribution is 2.33. The summed E-state index contributed by atoms with van der Waals surface area (Å²) in [6, 6.07) is 8.10. The van der Waals surface area contributed by atoms with Crippen molar-refractivity contribution >= 4 is 34.2 Å². The molecule has 14 heavy (non-hydrogen) atoms. The predicted octanol–water partition coefficient (Wildman–Crippen LogP) is 2.77. The third kappa shape index (κ3) is 1.92. The Morgan fingerprint density at radius 1 is 1.50 bits per heavy atom. The lowest BCUT2D eigenvalue weighted by Gasteiger charge is -2.04. The van der Waals surface area contributed by atoms with Crippen molar-refractivity contribution < 1.29 is 5.11 Å². The van der Waals surface area contributed by atoms with Gasteiger partial charge in [-0.15, -0.1) is 11.8 Å². The lowest BCUT2D eigenvalue weighted by Crippen LogP contribution is -2.00. The van der Waals surface area contributed by atoms with Gasteiger partial charge in [-0.05, 0) is 17.6 Å². The molecular formula is C10H11NOS2. The lowest BCUT2D eigenvalue weighted by molar-refractivity contribution is 0.300. The smallest absolute Gasteiger partial charge is 0.0888 e. The molecule has 1 aromatic carbocycles. The molecule has 0 aliphatic rings. The second kappa shape index (κ2) is 4.29. The summed E-state index contributed by atoms with van der Waals surface area (Å²) in [6.45, 7) is 2.22. The van der Waals surface area contributed by atoms with Crippen LogP contribution in [0, 0.1) is 0 Å². The molecule has 0 aliphatic heterocycles. The van der Waals surface area contributed by atoms with Gasteiger partial charge in [0.25, 0.3) is 0 Å². The molecule has 2 aromatic rings. The highest BCUT2D eigenvalue weighted by Gasteiger charge is 2.09. The highest BCUT2D eigenvalue weighted by molar-refractivity contribution is 8.01. The average Bonchev–Trinajstić information content (AvgIpc) is 2.62. The molecule has 2 nitrogen and oxygen atoms in total. The molecule has 0 saturated heterocycles. The van der Waals surface area contributed by atoms with Gasteiger partial charge in [-0.3, -0.25) is 0 Å². The van der Waals surface area contributed by atoms with Crippen molar-refractivity contribution in [1.29, 1.82) is 0 Å². The van der Waals surface area contributed by atoms with E-state index in [0.29, 0.717) is 0 Å². The van der Waals surface area contributed by atoms with Crippen LogP contribution >= 0.6 is 23.3 Å². The number of thioether (sulfide) groups is 1. The standard InChI is InChI=1S/C10H11NOS2/c1-7(6-12)13-10-8-4-2-3-5-9(8)11-14-10/h2-5,7,12H,6H2,1H3. The Balaban J connectivity index is 2.33. The second-order valence-electron chi connectivity index (χ2n) is 3.10. The van der Waals surface area contributed by atoms with E-state index in [1.807, 2.05) is 25.1 Å². The SMILES string of the molecule is CC(CO)Sc1snc2ccccc12. The number of rotatable bonds is 3. The lowest BCUT2D eigenvalue weighted by atomic mass is 10.3. The van der Waals surface area contributed by atoms with Crippen molar-refractivity contribution in [3.63, 3.8) is 0 Å². The Morgan fingerprint density at radius 3 is 3.07 bits per heavy atom. The zero-order valence-electron chi connectivity index (χ0n) is 7.80. The van der Waals surface area contributed by atoms with E-state index in [1.54, 1.807) is 11.8 Å². The molecule has 0 fully saturated rings. The fourth-order valence-electron chi connectivity index (χ4n) is 1.17. The van der Waals surface area contributed by atoms with E-state index >= 15 is 0 Å². The van der Waals surface area contributed by atoms with Crippen molar-refractivity contribution in [3.05, 3.63) is 24.3 Å². The molecule has 0 bridgehead atoms. The summed E-state index contributed by atoms with van der Waals surface area (Å²) in [4.78, 5) is 0. The molecule has 0 spiro atoms. The summed E-state index contributed by atoms with van der Waals surface area (Å²) >= 11 is 3.19. The van der Waals surface area contributed by atoms with E-state index in [0.717, 1.165) is 5.52 Å². The summed E-state index contributed by atoms with van der Waals surface area (Å²) in [5.41, 5.74) is 1.05. The summed E-state index contributed by atoms with van der Waals surface area (Å²) in [5.74, 6) is 0. The quantitative estimate of drug-likeness (QED) is 0.815. The van der Waals surface area contributed by atoms with Crippen LogP contribution in [0.2, 0.25) is 0 Å². The summed E-state index contributed by atoms with van der Waals surface area (Å²) in [5, 5.41) is 10.4. The predicted molar refractivity (Wildman–Crippen MR) is 62.0 cm³/mol. The molecule has 0 aliphatic carbocycles. The largest absolute Gasteiger partial charge is 0.395 e. The Kier molecular flexibility index (Phi) is 3.05. The number of hydrogen-bond acceptors (Lipinski definition) is 4. The zero-order valence-corrected chi connectivity index (χ0v) is 9.44. The molecule has 1 atom stereocenters. The molecule has 0 saturated carbocycles. The van der Waals surface area contributed by atoms with Crippen LogP contribution in [0.25, 0.3) is 10.9 Å². The molecule has 1 unspecified atom stereocenters. The molecular weight excluding hydrogens is 214 g/mol.